The van der Waals surface area contributed by atoms with E-state index in [0.29, 0.717) is 16.6 Å². The molecule has 0 unspecified atom stereocenters. The van der Waals surface area contributed by atoms with Gasteiger partial charge >= 0.3 is 0 Å². The fourth-order valence-corrected chi connectivity index (χ4v) is 3.44. The van der Waals surface area contributed by atoms with Crippen LogP contribution in [-0.4, -0.2) is 43.2 Å². The lowest BCUT2D eigenvalue weighted by molar-refractivity contribution is -0.00537. The Morgan fingerprint density at radius 1 is 1.30 bits per heavy atom. The first-order valence-corrected chi connectivity index (χ1v) is 8.43. The van der Waals surface area contributed by atoms with E-state index >= 15 is 0 Å². The minimum absolute atomic E-state index is 0.151. The summed E-state index contributed by atoms with van der Waals surface area (Å²) in [4.78, 5) is 2.27. The van der Waals surface area contributed by atoms with E-state index in [4.69, 9.17) is 23.2 Å². The van der Waals surface area contributed by atoms with Crippen molar-refractivity contribution in [2.24, 2.45) is 0 Å². The largest absolute Gasteiger partial charge is 0.389 e. The van der Waals surface area contributed by atoms with Gasteiger partial charge in [-0.05, 0) is 51.4 Å². The number of likely N-dealkylation sites (tertiary alicyclic amines) is 1. The molecule has 2 aromatic rings. The minimum Gasteiger partial charge on any atom is -0.389 e. The number of aromatic nitrogens is 3. The van der Waals surface area contributed by atoms with Crippen LogP contribution in [0.15, 0.2) is 24.4 Å². The van der Waals surface area contributed by atoms with Gasteiger partial charge in [-0.25, -0.2) is 4.68 Å². The van der Waals surface area contributed by atoms with Crippen LogP contribution < -0.4 is 0 Å². The van der Waals surface area contributed by atoms with Crippen LogP contribution in [0.25, 0.3) is 5.69 Å². The molecule has 0 spiro atoms. The molecule has 1 aromatic heterocycles. The van der Waals surface area contributed by atoms with E-state index in [9.17, 15) is 5.11 Å². The van der Waals surface area contributed by atoms with Gasteiger partial charge in [0.2, 0.25) is 0 Å². The van der Waals surface area contributed by atoms with Crippen LogP contribution in [0.5, 0.6) is 0 Å². The van der Waals surface area contributed by atoms with E-state index in [1.165, 1.54) is 0 Å². The predicted octanol–water partition coefficient (Wildman–Crippen LogP) is 3.31. The van der Waals surface area contributed by atoms with Crippen molar-refractivity contribution in [1.29, 1.82) is 0 Å². The summed E-state index contributed by atoms with van der Waals surface area (Å²) in [7, 11) is 0. The maximum absolute atomic E-state index is 10.3. The average Bonchev–Trinajstić information content (AvgIpc) is 3.11. The Labute approximate surface area is 145 Å². The first-order valence-electron chi connectivity index (χ1n) is 7.67. The number of halogens is 2. The fraction of sp³-hybridized carbons (Fsp3) is 0.500. The zero-order valence-electron chi connectivity index (χ0n) is 13.2. The Bertz CT molecular complexity index is 696. The standard InChI is InChI=1S/C16H20Cl2N4O/c1-16(2,23)15-4-3-7-21(15)9-11-10-22(20-19-11)12-5-6-13(17)14(18)8-12/h5-6,8,10,15,23H,3-4,7,9H2,1-2H3/t15-/m1/s1. The maximum Gasteiger partial charge on any atom is 0.0971 e. The first kappa shape index (κ1) is 16.7. The van der Waals surface area contributed by atoms with E-state index in [0.717, 1.165) is 30.8 Å². The second-order valence-electron chi connectivity index (χ2n) is 6.54. The van der Waals surface area contributed by atoms with Crippen molar-refractivity contribution in [3.8, 4) is 5.69 Å². The summed E-state index contributed by atoms with van der Waals surface area (Å²) in [6.45, 7) is 5.37. The Morgan fingerprint density at radius 2 is 2.09 bits per heavy atom. The number of hydrogen-bond donors (Lipinski definition) is 1. The molecule has 1 aliphatic rings. The van der Waals surface area contributed by atoms with Crippen LogP contribution in [0, 0.1) is 0 Å². The average molecular weight is 355 g/mol. The van der Waals surface area contributed by atoms with Gasteiger partial charge < -0.3 is 5.11 Å². The third-order valence-corrected chi connectivity index (χ3v) is 4.99. The van der Waals surface area contributed by atoms with Gasteiger partial charge in [-0.15, -0.1) is 5.10 Å². The van der Waals surface area contributed by atoms with Crippen molar-refractivity contribution in [2.45, 2.75) is 44.9 Å². The molecule has 1 atom stereocenters. The molecule has 0 amide bonds. The van der Waals surface area contributed by atoms with E-state index in [1.807, 2.05) is 26.1 Å². The molecule has 23 heavy (non-hydrogen) atoms. The smallest absolute Gasteiger partial charge is 0.0971 e. The third-order valence-electron chi connectivity index (χ3n) is 4.25. The van der Waals surface area contributed by atoms with Crippen molar-refractivity contribution < 1.29 is 5.11 Å². The number of rotatable bonds is 4. The summed E-state index contributed by atoms with van der Waals surface area (Å²) < 4.78 is 1.69. The van der Waals surface area contributed by atoms with Crippen molar-refractivity contribution in [1.82, 2.24) is 19.9 Å². The molecule has 1 aromatic carbocycles. The Kier molecular flexibility index (Phi) is 4.65. The Hall–Kier alpha value is -1.14. The normalized spacial score (nSPS) is 19.4. The van der Waals surface area contributed by atoms with Crippen LogP contribution in [0.4, 0.5) is 0 Å². The second kappa shape index (κ2) is 6.40. The molecule has 0 bridgehead atoms. The second-order valence-corrected chi connectivity index (χ2v) is 7.35. The Balaban J connectivity index is 1.76. The number of hydrogen-bond acceptors (Lipinski definition) is 4. The summed E-state index contributed by atoms with van der Waals surface area (Å²) in [5.74, 6) is 0. The lowest BCUT2D eigenvalue weighted by Gasteiger charge is -2.33. The minimum atomic E-state index is -0.712. The molecule has 1 fully saturated rings. The van der Waals surface area contributed by atoms with Gasteiger partial charge in [0.1, 0.15) is 0 Å². The lowest BCUT2D eigenvalue weighted by Crippen LogP contribution is -2.45. The molecule has 7 heteroatoms. The van der Waals surface area contributed by atoms with Gasteiger partial charge in [0, 0.05) is 12.6 Å². The van der Waals surface area contributed by atoms with Gasteiger partial charge in [0.15, 0.2) is 0 Å². The molecule has 1 saturated heterocycles. The molecule has 124 valence electrons. The van der Waals surface area contributed by atoms with Crippen molar-refractivity contribution in [3.05, 3.63) is 40.1 Å². The summed E-state index contributed by atoms with van der Waals surface area (Å²) >= 11 is 12.0. The van der Waals surface area contributed by atoms with E-state index in [1.54, 1.807) is 16.8 Å². The first-order chi connectivity index (χ1) is 10.8. The SMILES string of the molecule is CC(C)(O)[C@H]1CCCN1Cc1cn(-c2ccc(Cl)c(Cl)c2)nn1. The summed E-state index contributed by atoms with van der Waals surface area (Å²) in [5.41, 5.74) is 0.974. The topological polar surface area (TPSA) is 54.2 Å². The van der Waals surface area contributed by atoms with E-state index in [-0.39, 0.29) is 6.04 Å². The molecule has 5 nitrogen and oxygen atoms in total. The number of aliphatic hydroxyl groups is 1. The quantitative estimate of drug-likeness (QED) is 0.914. The molecular weight excluding hydrogens is 335 g/mol. The van der Waals surface area contributed by atoms with Crippen molar-refractivity contribution >= 4 is 23.2 Å². The molecule has 0 radical (unpaired) electrons. The molecule has 3 rings (SSSR count). The van der Waals surface area contributed by atoms with Gasteiger partial charge in [-0.2, -0.15) is 0 Å². The monoisotopic (exact) mass is 354 g/mol. The molecule has 1 N–H and O–H groups in total. The van der Waals surface area contributed by atoms with E-state index in [2.05, 4.69) is 15.2 Å². The fourth-order valence-electron chi connectivity index (χ4n) is 3.15. The highest BCUT2D eigenvalue weighted by molar-refractivity contribution is 6.42. The molecule has 1 aliphatic heterocycles. The molecule has 0 saturated carbocycles. The third kappa shape index (κ3) is 3.69. The van der Waals surface area contributed by atoms with Crippen LogP contribution in [0.3, 0.4) is 0 Å². The summed E-state index contributed by atoms with van der Waals surface area (Å²) in [6, 6.07) is 5.50. The summed E-state index contributed by atoms with van der Waals surface area (Å²) in [5, 5.41) is 19.7. The zero-order valence-corrected chi connectivity index (χ0v) is 14.7. The number of benzene rings is 1. The summed E-state index contributed by atoms with van der Waals surface area (Å²) in [6.07, 6.45) is 3.99. The van der Waals surface area contributed by atoms with Crippen molar-refractivity contribution in [2.75, 3.05) is 6.54 Å². The van der Waals surface area contributed by atoms with Crippen molar-refractivity contribution in [3.63, 3.8) is 0 Å². The molecule has 2 heterocycles. The predicted molar refractivity (Wildman–Crippen MR) is 91.1 cm³/mol. The van der Waals surface area contributed by atoms with E-state index < -0.39 is 5.60 Å². The molecule has 0 aliphatic carbocycles. The van der Waals surface area contributed by atoms with Crippen LogP contribution in [0.1, 0.15) is 32.4 Å². The van der Waals surface area contributed by atoms with Gasteiger partial charge in [-0.3, -0.25) is 4.90 Å². The highest BCUT2D eigenvalue weighted by atomic mass is 35.5. The highest BCUT2D eigenvalue weighted by Gasteiger charge is 2.35. The molecular formula is C16H20Cl2N4O. The zero-order chi connectivity index (χ0) is 16.6. The lowest BCUT2D eigenvalue weighted by atomic mass is 9.96. The van der Waals surface area contributed by atoms with Crippen LogP contribution in [-0.2, 0) is 6.54 Å². The van der Waals surface area contributed by atoms with Gasteiger partial charge in [0.25, 0.3) is 0 Å². The van der Waals surface area contributed by atoms with Gasteiger partial charge in [-0.1, -0.05) is 28.4 Å². The maximum atomic E-state index is 10.3. The number of nitrogens with zero attached hydrogens (tertiary/aromatic N) is 4. The Morgan fingerprint density at radius 3 is 2.78 bits per heavy atom. The van der Waals surface area contributed by atoms with Crippen LogP contribution >= 0.6 is 23.2 Å². The highest BCUT2D eigenvalue weighted by Crippen LogP contribution is 2.28. The van der Waals surface area contributed by atoms with Gasteiger partial charge in [0.05, 0.1) is 33.2 Å². The van der Waals surface area contributed by atoms with Crippen LogP contribution in [0.2, 0.25) is 10.0 Å².